The fourth-order valence-electron chi connectivity index (χ4n) is 5.22. The molecule has 39 heavy (non-hydrogen) atoms. The van der Waals surface area contributed by atoms with Crippen LogP contribution in [0.15, 0.2) is 30.5 Å². The Morgan fingerprint density at radius 2 is 2.00 bits per heavy atom. The van der Waals surface area contributed by atoms with Crippen LogP contribution in [-0.2, 0) is 25.5 Å². The number of carbonyl (C=O) groups is 3. The number of hydrogen-bond acceptors (Lipinski definition) is 8. The molecule has 3 heterocycles. The summed E-state index contributed by atoms with van der Waals surface area (Å²) in [5.74, 6) is -0.395. The Hall–Kier alpha value is -3.01. The van der Waals surface area contributed by atoms with Crippen LogP contribution in [0, 0.1) is 5.41 Å². The number of cyclic esters (lactones) is 1. The zero-order valence-electron chi connectivity index (χ0n) is 23.4. The number of hydrogen-bond donors (Lipinski definition) is 1. The van der Waals surface area contributed by atoms with Gasteiger partial charge in [-0.15, -0.1) is 11.8 Å². The van der Waals surface area contributed by atoms with E-state index in [0.29, 0.717) is 5.88 Å². The van der Waals surface area contributed by atoms with Crippen LogP contribution in [0.5, 0.6) is 5.88 Å². The van der Waals surface area contributed by atoms with E-state index in [4.69, 9.17) is 14.2 Å². The summed E-state index contributed by atoms with van der Waals surface area (Å²) in [4.78, 5) is 46.1. The third-order valence-electron chi connectivity index (χ3n) is 7.21. The minimum atomic E-state index is -0.924. The van der Waals surface area contributed by atoms with Gasteiger partial charge in [-0.3, -0.25) is 4.79 Å². The lowest BCUT2D eigenvalue weighted by molar-refractivity contribution is -0.154. The quantitative estimate of drug-likeness (QED) is 0.541. The molecule has 0 radical (unpaired) electrons. The summed E-state index contributed by atoms with van der Waals surface area (Å²) >= 11 is 1.42. The molecule has 212 valence electrons. The summed E-state index contributed by atoms with van der Waals surface area (Å²) in [6.45, 7) is 7.80. The number of ether oxygens (including phenoxy) is 3. The number of amides is 2. The van der Waals surface area contributed by atoms with Crippen LogP contribution in [-0.4, -0.2) is 70.9 Å². The maximum atomic E-state index is 14.2. The second-order valence-corrected chi connectivity index (χ2v) is 12.0. The monoisotopic (exact) mass is 557 g/mol. The smallest absolute Gasteiger partial charge is 0.407 e. The molecule has 1 aromatic carbocycles. The van der Waals surface area contributed by atoms with Gasteiger partial charge in [-0.2, -0.15) is 0 Å². The van der Waals surface area contributed by atoms with Crippen LogP contribution < -0.4 is 10.1 Å². The summed E-state index contributed by atoms with van der Waals surface area (Å²) in [5.41, 5.74) is 0.522. The van der Waals surface area contributed by atoms with Gasteiger partial charge in [0.1, 0.15) is 23.6 Å². The van der Waals surface area contributed by atoms with Gasteiger partial charge in [0.2, 0.25) is 11.8 Å². The fourth-order valence-corrected chi connectivity index (χ4v) is 6.17. The van der Waals surface area contributed by atoms with E-state index in [2.05, 4.69) is 28.5 Å². The van der Waals surface area contributed by atoms with Gasteiger partial charge in [0.05, 0.1) is 13.2 Å². The van der Waals surface area contributed by atoms with Crippen molar-refractivity contribution in [1.82, 2.24) is 15.2 Å². The van der Waals surface area contributed by atoms with Crippen LogP contribution in [0.4, 0.5) is 4.79 Å². The maximum absolute atomic E-state index is 14.2. The number of pyridine rings is 1. The predicted molar refractivity (Wildman–Crippen MR) is 151 cm³/mol. The normalized spacial score (nSPS) is 24.9. The van der Waals surface area contributed by atoms with Crippen LogP contribution in [0.2, 0.25) is 0 Å². The van der Waals surface area contributed by atoms with E-state index in [9.17, 15) is 14.4 Å². The molecule has 2 aromatic rings. The van der Waals surface area contributed by atoms with Crippen molar-refractivity contribution in [2.45, 2.75) is 83.4 Å². The SMILES string of the molecule is CCOC(=O)[C@@H]1C[C@H]2Oc3nccc4ccc(cc34)CCCCCOC(=O)N[C@@H](C(C)(C)C)C(=O)N1C2SC. The third-order valence-corrected chi connectivity index (χ3v) is 8.23. The lowest BCUT2D eigenvalue weighted by Crippen LogP contribution is -2.58. The Bertz CT molecular complexity index is 1200. The van der Waals surface area contributed by atoms with E-state index in [1.165, 1.54) is 22.2 Å². The second-order valence-electron chi connectivity index (χ2n) is 11.1. The van der Waals surface area contributed by atoms with Gasteiger partial charge >= 0.3 is 12.1 Å². The minimum absolute atomic E-state index is 0.188. The Morgan fingerprint density at radius 1 is 1.21 bits per heavy atom. The van der Waals surface area contributed by atoms with Gasteiger partial charge in [-0.25, -0.2) is 14.6 Å². The molecule has 1 unspecified atom stereocenters. The first-order valence-electron chi connectivity index (χ1n) is 13.6. The molecule has 0 aliphatic carbocycles. The van der Waals surface area contributed by atoms with E-state index >= 15 is 0 Å². The summed E-state index contributed by atoms with van der Waals surface area (Å²) in [5, 5.41) is 4.19. The number of aromatic nitrogens is 1. The molecule has 1 N–H and O–H groups in total. The van der Waals surface area contributed by atoms with Gasteiger partial charge < -0.3 is 24.4 Å². The molecule has 10 heteroatoms. The number of thioether (sulfide) groups is 1. The standard InChI is InChI=1S/C29H39N3O6S/c1-6-36-27(34)21-17-22-26(39-5)32(21)25(33)23(29(2,3)4)31-28(35)37-15-9-7-8-10-18-11-12-19-13-14-30-24(38-22)20(19)16-18/h11-14,16,21-23,26H,6-10,15,17H2,1-5H3,(H,31,35)/t21-,22+,23+,26?/m0/s1. The van der Waals surface area contributed by atoms with E-state index < -0.39 is 41.0 Å². The van der Waals surface area contributed by atoms with Crippen molar-refractivity contribution in [3.8, 4) is 5.88 Å². The van der Waals surface area contributed by atoms with E-state index in [1.807, 2.05) is 33.1 Å². The summed E-state index contributed by atoms with van der Waals surface area (Å²) in [6.07, 6.45) is 6.12. The average molecular weight is 558 g/mol. The van der Waals surface area contributed by atoms with Gasteiger partial charge in [-0.05, 0) is 67.4 Å². The van der Waals surface area contributed by atoms with Crippen LogP contribution in [0.1, 0.15) is 58.9 Å². The van der Waals surface area contributed by atoms with Crippen molar-refractivity contribution in [3.63, 3.8) is 0 Å². The van der Waals surface area contributed by atoms with Crippen molar-refractivity contribution < 1.29 is 28.6 Å². The molecule has 0 spiro atoms. The molecule has 4 bridgehead atoms. The highest BCUT2D eigenvalue weighted by molar-refractivity contribution is 7.99. The van der Waals surface area contributed by atoms with Gasteiger partial charge in [0.25, 0.3) is 0 Å². The Balaban J connectivity index is 1.78. The Labute approximate surface area is 234 Å². The number of carbonyl (C=O) groups excluding carboxylic acids is 3. The molecule has 9 nitrogen and oxygen atoms in total. The number of fused-ring (bicyclic) bond motifs is 3. The van der Waals surface area contributed by atoms with E-state index in [1.54, 1.807) is 13.1 Å². The number of benzene rings is 1. The molecule has 2 aliphatic heterocycles. The molecule has 2 amide bonds. The van der Waals surface area contributed by atoms with Crippen molar-refractivity contribution in [2.75, 3.05) is 19.5 Å². The molecule has 4 rings (SSSR count). The van der Waals surface area contributed by atoms with E-state index in [-0.39, 0.29) is 25.5 Å². The largest absolute Gasteiger partial charge is 0.471 e. The molecular formula is C29H39N3O6S. The topological polar surface area (TPSA) is 107 Å². The molecular weight excluding hydrogens is 518 g/mol. The van der Waals surface area contributed by atoms with Crippen LogP contribution in [0.3, 0.4) is 0 Å². The summed E-state index contributed by atoms with van der Waals surface area (Å²) < 4.78 is 17.3. The Morgan fingerprint density at radius 3 is 2.72 bits per heavy atom. The third kappa shape index (κ3) is 6.59. The van der Waals surface area contributed by atoms with Crippen LogP contribution in [0.25, 0.3) is 10.8 Å². The zero-order chi connectivity index (χ0) is 28.2. The van der Waals surface area contributed by atoms with E-state index in [0.717, 1.165) is 36.5 Å². The van der Waals surface area contributed by atoms with Gasteiger partial charge in [0, 0.05) is 18.0 Å². The molecule has 1 aromatic heterocycles. The number of rotatable bonds is 3. The highest BCUT2D eigenvalue weighted by atomic mass is 32.2. The number of nitrogens with one attached hydrogen (secondary N) is 1. The lowest BCUT2D eigenvalue weighted by Gasteiger charge is -2.37. The molecule has 0 saturated carbocycles. The predicted octanol–water partition coefficient (Wildman–Crippen LogP) is 4.70. The second kappa shape index (κ2) is 12.4. The Kier molecular flexibility index (Phi) is 9.25. The highest BCUT2D eigenvalue weighted by Crippen LogP contribution is 2.38. The summed E-state index contributed by atoms with van der Waals surface area (Å²) in [7, 11) is 0. The average Bonchev–Trinajstić information content (AvgIpc) is 3.26. The molecule has 1 fully saturated rings. The molecule has 2 aliphatic rings. The number of aryl methyl sites for hydroxylation is 1. The van der Waals surface area contributed by atoms with Gasteiger partial charge in [-0.1, -0.05) is 32.9 Å². The number of alkyl carbamates (subject to hydrolysis) is 1. The summed E-state index contributed by atoms with van der Waals surface area (Å²) in [6, 6.07) is 6.44. The fraction of sp³-hybridized carbons (Fsp3) is 0.586. The molecule has 1 saturated heterocycles. The minimum Gasteiger partial charge on any atom is -0.471 e. The van der Waals surface area contributed by atoms with Crippen molar-refractivity contribution in [1.29, 1.82) is 0 Å². The zero-order valence-corrected chi connectivity index (χ0v) is 24.2. The number of nitrogens with zero attached hydrogens (tertiary/aromatic N) is 2. The first-order valence-corrected chi connectivity index (χ1v) is 14.9. The maximum Gasteiger partial charge on any atom is 0.407 e. The number of esters is 1. The molecule has 4 atom stereocenters. The lowest BCUT2D eigenvalue weighted by atomic mass is 9.85. The van der Waals surface area contributed by atoms with Crippen molar-refractivity contribution >= 4 is 40.5 Å². The van der Waals surface area contributed by atoms with Gasteiger partial charge in [0.15, 0.2) is 0 Å². The van der Waals surface area contributed by atoms with Crippen molar-refractivity contribution in [2.24, 2.45) is 5.41 Å². The van der Waals surface area contributed by atoms with Crippen LogP contribution >= 0.6 is 11.8 Å². The highest BCUT2D eigenvalue weighted by Gasteiger charge is 2.52. The van der Waals surface area contributed by atoms with Crippen molar-refractivity contribution in [3.05, 3.63) is 36.0 Å². The first kappa shape index (κ1) is 29.0. The first-order chi connectivity index (χ1) is 18.6.